The van der Waals surface area contributed by atoms with Crippen LogP contribution in [0.5, 0.6) is 0 Å². The van der Waals surface area contributed by atoms with Crippen LogP contribution in [0.25, 0.3) is 5.57 Å². The summed E-state index contributed by atoms with van der Waals surface area (Å²) in [6, 6.07) is 8.22. The van der Waals surface area contributed by atoms with Crippen molar-refractivity contribution < 1.29 is 0 Å². The molecule has 0 aromatic heterocycles. The molecule has 0 saturated heterocycles. The Morgan fingerprint density at radius 3 is 2.07 bits per heavy atom. The zero-order chi connectivity index (χ0) is 11.5. The zero-order valence-electron chi connectivity index (χ0n) is 10.0. The van der Waals surface area contributed by atoms with Crippen LogP contribution in [-0.4, -0.2) is 0 Å². The number of rotatable bonds is 1. The molecule has 0 nitrogen and oxygen atoms in total. The monoisotopic (exact) mass is 198 g/mol. The Hall–Kier alpha value is -1.48. The van der Waals surface area contributed by atoms with Gasteiger partial charge in [-0.15, -0.1) is 0 Å². The van der Waals surface area contributed by atoms with E-state index < -0.39 is 0 Å². The lowest BCUT2D eigenvalue weighted by Crippen LogP contribution is -1.99. The van der Waals surface area contributed by atoms with Crippen molar-refractivity contribution in [2.24, 2.45) is 5.41 Å². The van der Waals surface area contributed by atoms with Gasteiger partial charge in [0.15, 0.2) is 0 Å². The van der Waals surface area contributed by atoms with Gasteiger partial charge in [0.1, 0.15) is 0 Å². The van der Waals surface area contributed by atoms with Crippen LogP contribution in [0.3, 0.4) is 0 Å². The van der Waals surface area contributed by atoms with Crippen LogP contribution in [0, 0.1) is 17.3 Å². The number of benzene rings is 1. The summed E-state index contributed by atoms with van der Waals surface area (Å²) in [5.74, 6) is 6.39. The molecular weight excluding hydrogens is 180 g/mol. The molecule has 0 fully saturated rings. The molecule has 0 unspecified atom stereocenters. The third-order valence-electron chi connectivity index (χ3n) is 1.96. The van der Waals surface area contributed by atoms with E-state index in [1.165, 1.54) is 5.56 Å². The second kappa shape index (κ2) is 4.36. The fourth-order valence-corrected chi connectivity index (χ4v) is 1.10. The Balaban J connectivity index is 2.89. The molecule has 0 N–H and O–H groups in total. The van der Waals surface area contributed by atoms with E-state index >= 15 is 0 Å². The number of allylic oxidation sites excluding steroid dienone is 1. The van der Waals surface area contributed by atoms with Crippen LogP contribution in [-0.2, 0) is 0 Å². The van der Waals surface area contributed by atoms with Crippen molar-refractivity contribution in [3.8, 4) is 11.8 Å². The highest BCUT2D eigenvalue weighted by Crippen LogP contribution is 2.13. The predicted molar refractivity (Wildman–Crippen MR) is 67.5 cm³/mol. The first kappa shape index (κ1) is 11.6. The van der Waals surface area contributed by atoms with E-state index in [2.05, 4.69) is 51.3 Å². The van der Waals surface area contributed by atoms with Gasteiger partial charge in [-0.05, 0) is 45.4 Å². The molecular formula is C15H18. The van der Waals surface area contributed by atoms with E-state index in [9.17, 15) is 0 Å². The lowest BCUT2D eigenvalue weighted by atomic mass is 9.97. The summed E-state index contributed by atoms with van der Waals surface area (Å²) in [7, 11) is 0. The Bertz CT molecular complexity index is 402. The lowest BCUT2D eigenvalue weighted by Gasteiger charge is -2.06. The van der Waals surface area contributed by atoms with E-state index in [1.807, 2.05) is 19.1 Å². The van der Waals surface area contributed by atoms with Gasteiger partial charge < -0.3 is 0 Å². The van der Waals surface area contributed by atoms with Crippen LogP contribution in [0.1, 0.15) is 38.8 Å². The van der Waals surface area contributed by atoms with Gasteiger partial charge in [-0.2, -0.15) is 0 Å². The van der Waals surface area contributed by atoms with Crippen molar-refractivity contribution in [1.82, 2.24) is 0 Å². The fourth-order valence-electron chi connectivity index (χ4n) is 1.10. The molecule has 0 amide bonds. The summed E-state index contributed by atoms with van der Waals surface area (Å²) in [5.41, 5.74) is 3.39. The zero-order valence-corrected chi connectivity index (χ0v) is 10.0. The van der Waals surface area contributed by atoms with Crippen LogP contribution in [0.15, 0.2) is 30.8 Å². The molecule has 78 valence electrons. The highest BCUT2D eigenvalue weighted by atomic mass is 14.1. The maximum absolute atomic E-state index is 3.90. The molecule has 1 rings (SSSR count). The van der Waals surface area contributed by atoms with Crippen molar-refractivity contribution in [2.45, 2.75) is 27.7 Å². The first-order valence-electron chi connectivity index (χ1n) is 5.17. The first-order chi connectivity index (χ1) is 6.88. The molecule has 0 heteroatoms. The minimum atomic E-state index is 0.0625. The van der Waals surface area contributed by atoms with Gasteiger partial charge >= 0.3 is 0 Å². The summed E-state index contributed by atoms with van der Waals surface area (Å²) in [6.07, 6.45) is 0. The second-order valence-corrected chi connectivity index (χ2v) is 4.86. The summed E-state index contributed by atoms with van der Waals surface area (Å²) >= 11 is 0. The van der Waals surface area contributed by atoms with Gasteiger partial charge in [0, 0.05) is 11.0 Å². The van der Waals surface area contributed by atoms with Crippen molar-refractivity contribution >= 4 is 5.57 Å². The van der Waals surface area contributed by atoms with Crippen molar-refractivity contribution in [3.05, 3.63) is 42.0 Å². The molecule has 0 radical (unpaired) electrons. The molecule has 15 heavy (non-hydrogen) atoms. The number of hydrogen-bond donors (Lipinski definition) is 0. The predicted octanol–water partition coefficient (Wildman–Crippen LogP) is 4.12. The van der Waals surface area contributed by atoms with Gasteiger partial charge in [-0.3, -0.25) is 0 Å². The molecule has 0 aliphatic rings. The maximum atomic E-state index is 3.90. The maximum Gasteiger partial charge on any atom is 0.0245 e. The topological polar surface area (TPSA) is 0 Å². The minimum absolute atomic E-state index is 0.0625. The SMILES string of the molecule is C=C(C)c1ccc(C#CC(C)(C)C)cc1. The summed E-state index contributed by atoms with van der Waals surface area (Å²) < 4.78 is 0. The van der Waals surface area contributed by atoms with Crippen molar-refractivity contribution in [3.63, 3.8) is 0 Å². The van der Waals surface area contributed by atoms with Gasteiger partial charge in [-0.1, -0.05) is 36.1 Å². The molecule has 0 aliphatic carbocycles. The molecule has 1 aromatic rings. The van der Waals surface area contributed by atoms with E-state index in [-0.39, 0.29) is 5.41 Å². The van der Waals surface area contributed by atoms with E-state index in [1.54, 1.807) is 0 Å². The van der Waals surface area contributed by atoms with Crippen LogP contribution in [0.4, 0.5) is 0 Å². The molecule has 0 bridgehead atoms. The summed E-state index contributed by atoms with van der Waals surface area (Å²) in [4.78, 5) is 0. The summed E-state index contributed by atoms with van der Waals surface area (Å²) in [5, 5.41) is 0. The normalized spacial score (nSPS) is 10.4. The molecule has 1 aromatic carbocycles. The van der Waals surface area contributed by atoms with Crippen molar-refractivity contribution in [2.75, 3.05) is 0 Å². The minimum Gasteiger partial charge on any atom is -0.0955 e. The summed E-state index contributed by atoms with van der Waals surface area (Å²) in [6.45, 7) is 12.3. The molecule has 0 aliphatic heterocycles. The number of hydrogen-bond acceptors (Lipinski definition) is 0. The van der Waals surface area contributed by atoms with Crippen LogP contribution in [0.2, 0.25) is 0 Å². The van der Waals surface area contributed by atoms with Crippen molar-refractivity contribution in [1.29, 1.82) is 0 Å². The Labute approximate surface area is 93.0 Å². The Morgan fingerprint density at radius 2 is 1.67 bits per heavy atom. The van der Waals surface area contributed by atoms with E-state index in [4.69, 9.17) is 0 Å². The average molecular weight is 198 g/mol. The standard InChI is InChI=1S/C15H18/c1-12(2)14-8-6-13(7-9-14)10-11-15(3,4)5/h6-9H,1H2,2-5H3. The third kappa shape index (κ3) is 4.04. The van der Waals surface area contributed by atoms with Crippen LogP contribution < -0.4 is 0 Å². The second-order valence-electron chi connectivity index (χ2n) is 4.86. The Morgan fingerprint density at radius 1 is 1.13 bits per heavy atom. The molecule has 0 heterocycles. The average Bonchev–Trinajstić information content (AvgIpc) is 2.14. The van der Waals surface area contributed by atoms with Gasteiger partial charge in [0.25, 0.3) is 0 Å². The quantitative estimate of drug-likeness (QED) is 0.595. The fraction of sp³-hybridized carbons (Fsp3) is 0.333. The molecule has 0 spiro atoms. The Kier molecular flexibility index (Phi) is 3.37. The van der Waals surface area contributed by atoms with Gasteiger partial charge in [0.05, 0.1) is 0 Å². The van der Waals surface area contributed by atoms with Crippen LogP contribution >= 0.6 is 0 Å². The van der Waals surface area contributed by atoms with E-state index in [0.29, 0.717) is 0 Å². The smallest absolute Gasteiger partial charge is 0.0245 e. The highest BCUT2D eigenvalue weighted by molar-refractivity contribution is 5.62. The van der Waals surface area contributed by atoms with Gasteiger partial charge in [-0.25, -0.2) is 0 Å². The molecule has 0 saturated carbocycles. The first-order valence-corrected chi connectivity index (χ1v) is 5.17. The third-order valence-corrected chi connectivity index (χ3v) is 1.96. The molecule has 0 atom stereocenters. The van der Waals surface area contributed by atoms with Gasteiger partial charge in [0.2, 0.25) is 0 Å². The lowest BCUT2D eigenvalue weighted by molar-refractivity contribution is 0.571. The highest BCUT2D eigenvalue weighted by Gasteiger charge is 2.03. The van der Waals surface area contributed by atoms with E-state index in [0.717, 1.165) is 11.1 Å². The largest absolute Gasteiger partial charge is 0.0955 e.